The van der Waals surface area contributed by atoms with Crippen LogP contribution in [-0.4, -0.2) is 32.1 Å². The summed E-state index contributed by atoms with van der Waals surface area (Å²) in [4.78, 5) is 19.3. The van der Waals surface area contributed by atoms with Gasteiger partial charge >= 0.3 is 0 Å². The van der Waals surface area contributed by atoms with Crippen molar-refractivity contribution in [1.82, 2.24) is 19.7 Å². The summed E-state index contributed by atoms with van der Waals surface area (Å²) in [5.74, 6) is 2.48. The fourth-order valence-corrected chi connectivity index (χ4v) is 3.61. The fraction of sp³-hybridized carbons (Fsp3) is 0.650. The van der Waals surface area contributed by atoms with E-state index in [0.29, 0.717) is 25.6 Å². The van der Waals surface area contributed by atoms with Crippen LogP contribution in [0.25, 0.3) is 0 Å². The highest BCUT2D eigenvalue weighted by Gasteiger charge is 2.26. The van der Waals surface area contributed by atoms with Crippen LogP contribution in [0.4, 0.5) is 0 Å². The van der Waals surface area contributed by atoms with E-state index in [9.17, 15) is 4.79 Å². The van der Waals surface area contributed by atoms with E-state index >= 15 is 0 Å². The molecule has 1 aliphatic heterocycles. The molecule has 0 radical (unpaired) electrons. The molecule has 0 spiro atoms. The lowest BCUT2D eigenvalue weighted by atomic mass is 10.1. The summed E-state index contributed by atoms with van der Waals surface area (Å²) < 4.78 is 7.73. The number of aryl methyl sites for hydroxylation is 2. The molecule has 0 unspecified atom stereocenters. The van der Waals surface area contributed by atoms with Gasteiger partial charge in [-0.2, -0.15) is 5.10 Å². The quantitative estimate of drug-likeness (QED) is 0.795. The lowest BCUT2D eigenvalue weighted by Gasteiger charge is -2.25. The lowest BCUT2D eigenvalue weighted by molar-refractivity contribution is -0.133. The molecule has 3 heterocycles. The minimum absolute atomic E-state index is 0.0932. The zero-order valence-corrected chi connectivity index (χ0v) is 16.6. The molecule has 0 bridgehead atoms. The Morgan fingerprint density at radius 2 is 2.08 bits per heavy atom. The molecule has 0 aromatic carbocycles. The number of hydrogen-bond donors (Lipinski definition) is 0. The number of fused-ring (bicyclic) bond motifs is 1. The number of amides is 1. The maximum absolute atomic E-state index is 12.8. The van der Waals surface area contributed by atoms with E-state index in [2.05, 4.69) is 30.9 Å². The first-order valence-electron chi connectivity index (χ1n) is 9.67. The SMILES string of the molecule is CCc1c(C)nn(CC(=O)N2CCc3oc(CCC(C)C)nc3C2)c1C. The second kappa shape index (κ2) is 7.64. The summed E-state index contributed by atoms with van der Waals surface area (Å²) in [5.41, 5.74) is 4.27. The molecule has 1 aliphatic rings. The van der Waals surface area contributed by atoms with Gasteiger partial charge in [0.15, 0.2) is 5.89 Å². The molecule has 6 nitrogen and oxygen atoms in total. The third-order valence-corrected chi connectivity index (χ3v) is 5.23. The van der Waals surface area contributed by atoms with Gasteiger partial charge < -0.3 is 9.32 Å². The van der Waals surface area contributed by atoms with Crippen molar-refractivity contribution in [3.63, 3.8) is 0 Å². The van der Waals surface area contributed by atoms with Gasteiger partial charge in [-0.1, -0.05) is 20.8 Å². The minimum atomic E-state index is 0.0932. The zero-order valence-electron chi connectivity index (χ0n) is 16.6. The van der Waals surface area contributed by atoms with Gasteiger partial charge in [-0.3, -0.25) is 9.48 Å². The molecule has 0 fully saturated rings. The van der Waals surface area contributed by atoms with Crippen molar-refractivity contribution in [2.75, 3.05) is 6.54 Å². The van der Waals surface area contributed by atoms with Crippen LogP contribution in [0, 0.1) is 19.8 Å². The van der Waals surface area contributed by atoms with Gasteiger partial charge in [-0.05, 0) is 38.2 Å². The highest BCUT2D eigenvalue weighted by molar-refractivity contribution is 5.76. The van der Waals surface area contributed by atoms with Crippen LogP contribution in [0.15, 0.2) is 4.42 Å². The Morgan fingerprint density at radius 1 is 1.31 bits per heavy atom. The third-order valence-electron chi connectivity index (χ3n) is 5.23. The summed E-state index contributed by atoms with van der Waals surface area (Å²) in [6.07, 6.45) is 3.62. The molecule has 6 heteroatoms. The summed E-state index contributed by atoms with van der Waals surface area (Å²) in [7, 11) is 0. The van der Waals surface area contributed by atoms with Crippen molar-refractivity contribution in [2.24, 2.45) is 5.92 Å². The predicted molar refractivity (Wildman–Crippen MR) is 99.9 cm³/mol. The number of hydrogen-bond acceptors (Lipinski definition) is 4. The summed E-state index contributed by atoms with van der Waals surface area (Å²) in [6.45, 7) is 12.1. The second-order valence-corrected chi connectivity index (χ2v) is 7.64. The molecule has 26 heavy (non-hydrogen) atoms. The highest BCUT2D eigenvalue weighted by atomic mass is 16.4. The van der Waals surface area contributed by atoms with Gasteiger partial charge in [-0.25, -0.2) is 4.98 Å². The zero-order chi connectivity index (χ0) is 18.8. The number of nitrogens with zero attached hydrogens (tertiary/aromatic N) is 4. The number of carbonyl (C=O) groups is 1. The van der Waals surface area contributed by atoms with Crippen LogP contribution in [-0.2, 0) is 37.1 Å². The van der Waals surface area contributed by atoms with Gasteiger partial charge in [0.25, 0.3) is 0 Å². The van der Waals surface area contributed by atoms with Gasteiger partial charge in [0, 0.05) is 25.1 Å². The van der Waals surface area contributed by atoms with Gasteiger partial charge in [0.05, 0.1) is 12.2 Å². The third kappa shape index (κ3) is 3.84. The molecular weight excluding hydrogens is 328 g/mol. The predicted octanol–water partition coefficient (Wildman–Crippen LogP) is 3.22. The largest absolute Gasteiger partial charge is 0.445 e. The van der Waals surface area contributed by atoms with Crippen LogP contribution in [0.1, 0.15) is 61.5 Å². The maximum atomic E-state index is 12.8. The topological polar surface area (TPSA) is 64.2 Å². The molecule has 3 rings (SSSR count). The monoisotopic (exact) mass is 358 g/mol. The first-order chi connectivity index (χ1) is 12.4. The molecule has 0 aliphatic carbocycles. The van der Waals surface area contributed by atoms with E-state index in [0.717, 1.165) is 54.4 Å². The van der Waals surface area contributed by atoms with Crippen LogP contribution < -0.4 is 0 Å². The molecule has 2 aromatic heterocycles. The average molecular weight is 358 g/mol. The van der Waals surface area contributed by atoms with E-state index in [-0.39, 0.29) is 5.91 Å². The molecule has 0 saturated carbocycles. The molecule has 0 N–H and O–H groups in total. The second-order valence-electron chi connectivity index (χ2n) is 7.64. The lowest BCUT2D eigenvalue weighted by Crippen LogP contribution is -2.38. The smallest absolute Gasteiger partial charge is 0.244 e. The molecule has 0 atom stereocenters. The Labute approximate surface area is 155 Å². The van der Waals surface area contributed by atoms with Crippen molar-refractivity contribution in [2.45, 2.75) is 73.4 Å². The normalized spacial score (nSPS) is 14.2. The highest BCUT2D eigenvalue weighted by Crippen LogP contribution is 2.22. The Hall–Kier alpha value is -2.11. The minimum Gasteiger partial charge on any atom is -0.445 e. The summed E-state index contributed by atoms with van der Waals surface area (Å²) in [6, 6.07) is 0. The number of aromatic nitrogens is 3. The Bertz CT molecular complexity index is 788. The Morgan fingerprint density at radius 3 is 2.73 bits per heavy atom. The molecule has 142 valence electrons. The summed E-state index contributed by atoms with van der Waals surface area (Å²) in [5, 5.41) is 4.54. The summed E-state index contributed by atoms with van der Waals surface area (Å²) >= 11 is 0. The van der Waals surface area contributed by atoms with Gasteiger partial charge in [0.1, 0.15) is 18.0 Å². The number of rotatable bonds is 6. The van der Waals surface area contributed by atoms with Gasteiger partial charge in [-0.15, -0.1) is 0 Å². The number of oxazole rings is 1. The number of carbonyl (C=O) groups excluding carboxylic acids is 1. The van der Waals surface area contributed by atoms with E-state index < -0.39 is 0 Å². The van der Waals surface area contributed by atoms with Crippen molar-refractivity contribution in [3.8, 4) is 0 Å². The molecular formula is C20H30N4O2. The first-order valence-corrected chi connectivity index (χ1v) is 9.67. The molecule has 1 amide bonds. The first kappa shape index (κ1) is 18.7. The van der Waals surface area contributed by atoms with Crippen LogP contribution in [0.5, 0.6) is 0 Å². The average Bonchev–Trinajstić information content (AvgIpc) is 3.12. The Kier molecular flexibility index (Phi) is 5.49. The van der Waals surface area contributed by atoms with E-state index in [1.807, 2.05) is 23.4 Å². The van der Waals surface area contributed by atoms with E-state index in [1.165, 1.54) is 5.56 Å². The molecule has 0 saturated heterocycles. The van der Waals surface area contributed by atoms with Crippen LogP contribution >= 0.6 is 0 Å². The maximum Gasteiger partial charge on any atom is 0.244 e. The molecule has 2 aromatic rings. The van der Waals surface area contributed by atoms with Gasteiger partial charge in [0.2, 0.25) is 5.91 Å². The van der Waals surface area contributed by atoms with E-state index in [1.54, 1.807) is 0 Å². The van der Waals surface area contributed by atoms with Crippen molar-refractivity contribution < 1.29 is 9.21 Å². The Balaban J connectivity index is 1.65. The van der Waals surface area contributed by atoms with E-state index in [4.69, 9.17) is 4.42 Å². The van der Waals surface area contributed by atoms with Crippen molar-refractivity contribution >= 4 is 5.91 Å². The van der Waals surface area contributed by atoms with Crippen molar-refractivity contribution in [3.05, 3.63) is 34.3 Å². The van der Waals surface area contributed by atoms with Crippen LogP contribution in [0.3, 0.4) is 0 Å². The fourth-order valence-electron chi connectivity index (χ4n) is 3.61. The van der Waals surface area contributed by atoms with Crippen molar-refractivity contribution in [1.29, 1.82) is 0 Å². The standard InChI is InChI=1S/C20H30N4O2/c1-6-16-14(4)22-24(15(16)5)12-20(25)23-10-9-18-17(11-23)21-19(26-18)8-7-13(2)3/h13H,6-12H2,1-5H3. The van der Waals surface area contributed by atoms with Crippen LogP contribution in [0.2, 0.25) is 0 Å².